The van der Waals surface area contributed by atoms with E-state index >= 15 is 0 Å². The predicted molar refractivity (Wildman–Crippen MR) is 103 cm³/mol. The van der Waals surface area contributed by atoms with Gasteiger partial charge in [-0.1, -0.05) is 23.7 Å². The number of hydrogen-bond acceptors (Lipinski definition) is 6. The zero-order valence-electron chi connectivity index (χ0n) is 14.7. The molecule has 0 radical (unpaired) electrons. The van der Waals surface area contributed by atoms with E-state index in [0.29, 0.717) is 28.8 Å². The van der Waals surface area contributed by atoms with Crippen LogP contribution in [-0.4, -0.2) is 19.5 Å². The van der Waals surface area contributed by atoms with Gasteiger partial charge in [-0.05, 0) is 24.6 Å². The van der Waals surface area contributed by atoms with Gasteiger partial charge < -0.3 is 10.2 Å². The fourth-order valence-electron chi connectivity index (χ4n) is 3.24. The lowest BCUT2D eigenvalue weighted by Crippen LogP contribution is -2.33. The first kappa shape index (κ1) is 17.3. The first-order valence-corrected chi connectivity index (χ1v) is 8.72. The van der Waals surface area contributed by atoms with Crippen molar-refractivity contribution in [3.63, 3.8) is 0 Å². The Morgan fingerprint density at radius 1 is 1.15 bits per heavy atom. The maximum atomic E-state index is 12.6. The van der Waals surface area contributed by atoms with Crippen LogP contribution >= 0.6 is 11.6 Å². The number of nitrogens with zero attached hydrogens (tertiary/aromatic N) is 4. The van der Waals surface area contributed by atoms with Gasteiger partial charge in [0.2, 0.25) is 0 Å². The molecule has 1 aliphatic rings. The second kappa shape index (κ2) is 6.55. The van der Waals surface area contributed by atoms with E-state index in [-0.39, 0.29) is 0 Å². The number of halogens is 1. The minimum absolute atomic E-state index is 0.391. The zero-order valence-corrected chi connectivity index (χ0v) is 15.5. The highest BCUT2D eigenvalue weighted by Gasteiger charge is 2.36. The van der Waals surface area contributed by atoms with Crippen molar-refractivity contribution in [2.75, 3.05) is 10.2 Å². The average molecular weight is 385 g/mol. The van der Waals surface area contributed by atoms with Crippen molar-refractivity contribution < 1.29 is 0 Å². The smallest absolute Gasteiger partial charge is 0.329 e. The molecule has 4 rings (SSSR count). The second-order valence-corrected chi connectivity index (χ2v) is 6.78. The van der Waals surface area contributed by atoms with Crippen LogP contribution in [0.25, 0.3) is 0 Å². The predicted octanol–water partition coefficient (Wildman–Crippen LogP) is 1.96. The van der Waals surface area contributed by atoms with Crippen LogP contribution in [0.15, 0.2) is 46.2 Å². The number of rotatable bonds is 3. The first-order chi connectivity index (χ1) is 13.0. The van der Waals surface area contributed by atoms with E-state index in [4.69, 9.17) is 11.6 Å². The third-order valence-corrected chi connectivity index (χ3v) is 4.87. The molecule has 0 fully saturated rings. The molecule has 0 saturated heterocycles. The van der Waals surface area contributed by atoms with Crippen LogP contribution in [0.5, 0.6) is 0 Å². The zero-order chi connectivity index (χ0) is 19.1. The van der Waals surface area contributed by atoms with E-state index in [2.05, 4.69) is 20.3 Å². The van der Waals surface area contributed by atoms with E-state index in [9.17, 15) is 9.59 Å². The van der Waals surface area contributed by atoms with Crippen LogP contribution in [0, 0.1) is 6.92 Å². The first-order valence-electron chi connectivity index (χ1n) is 8.34. The Balaban J connectivity index is 1.86. The summed E-state index contributed by atoms with van der Waals surface area (Å²) in [5.41, 5.74) is 1.86. The van der Waals surface area contributed by atoms with Crippen molar-refractivity contribution >= 4 is 23.1 Å². The van der Waals surface area contributed by atoms with Crippen molar-refractivity contribution in [1.29, 1.82) is 0 Å². The Morgan fingerprint density at radius 3 is 2.56 bits per heavy atom. The van der Waals surface area contributed by atoms with Crippen LogP contribution in [0.2, 0.25) is 5.02 Å². The quantitative estimate of drug-likeness (QED) is 0.716. The van der Waals surface area contributed by atoms with Gasteiger partial charge in [-0.15, -0.1) is 0 Å². The number of aryl methyl sites for hydroxylation is 1. The highest BCUT2D eigenvalue weighted by Crippen LogP contribution is 2.38. The number of fused-ring (bicyclic) bond motifs is 1. The van der Waals surface area contributed by atoms with Gasteiger partial charge in [0.05, 0.1) is 5.69 Å². The van der Waals surface area contributed by atoms with Gasteiger partial charge in [-0.25, -0.2) is 4.79 Å². The Kier molecular flexibility index (Phi) is 4.19. The summed E-state index contributed by atoms with van der Waals surface area (Å²) >= 11 is 5.98. The van der Waals surface area contributed by atoms with E-state index in [1.165, 1.54) is 4.57 Å². The summed E-state index contributed by atoms with van der Waals surface area (Å²) in [6, 6.07) is 7.40. The van der Waals surface area contributed by atoms with Gasteiger partial charge in [0.25, 0.3) is 5.56 Å². The van der Waals surface area contributed by atoms with Crippen LogP contribution in [-0.2, 0) is 13.6 Å². The number of benzene rings is 1. The van der Waals surface area contributed by atoms with E-state index in [1.807, 2.05) is 24.0 Å². The summed E-state index contributed by atoms with van der Waals surface area (Å²) in [7, 11) is 1.61. The Hall–Kier alpha value is -3.13. The molecule has 1 atom stereocenters. The van der Waals surface area contributed by atoms with Crippen molar-refractivity contribution in [1.82, 2.24) is 19.5 Å². The maximum Gasteiger partial charge on any atom is 0.329 e. The van der Waals surface area contributed by atoms with Crippen molar-refractivity contribution in [2.45, 2.75) is 19.6 Å². The molecule has 1 aliphatic heterocycles. The summed E-state index contributed by atoms with van der Waals surface area (Å²) < 4.78 is 1.39. The average Bonchev–Trinajstić information content (AvgIpc) is 3.02. The molecular formula is C18H17ClN6O2. The number of hydrogen-bond donors (Lipinski definition) is 2. The molecule has 1 aromatic carbocycles. The van der Waals surface area contributed by atoms with Crippen molar-refractivity contribution in [3.8, 4) is 0 Å². The molecule has 0 saturated carbocycles. The molecule has 3 heterocycles. The van der Waals surface area contributed by atoms with Gasteiger partial charge in [0.15, 0.2) is 0 Å². The Labute approximate surface area is 159 Å². The van der Waals surface area contributed by atoms with Gasteiger partial charge >= 0.3 is 5.69 Å². The van der Waals surface area contributed by atoms with E-state index in [0.717, 1.165) is 11.3 Å². The highest BCUT2D eigenvalue weighted by molar-refractivity contribution is 6.30. The number of anilines is 2. The van der Waals surface area contributed by atoms with Crippen LogP contribution in [0.3, 0.4) is 0 Å². The Morgan fingerprint density at radius 2 is 1.85 bits per heavy atom. The molecule has 2 aromatic heterocycles. The van der Waals surface area contributed by atoms with Crippen LogP contribution in [0.4, 0.5) is 11.5 Å². The van der Waals surface area contributed by atoms with Crippen LogP contribution < -0.4 is 21.5 Å². The minimum atomic E-state index is -0.478. The molecule has 138 valence electrons. The van der Waals surface area contributed by atoms with Gasteiger partial charge in [-0.3, -0.25) is 24.3 Å². The number of aromatic amines is 1. The van der Waals surface area contributed by atoms with Gasteiger partial charge in [-0.2, -0.15) is 0 Å². The second-order valence-electron chi connectivity index (χ2n) is 6.34. The lowest BCUT2D eigenvalue weighted by atomic mass is 10.2. The monoisotopic (exact) mass is 384 g/mol. The van der Waals surface area contributed by atoms with Gasteiger partial charge in [0, 0.05) is 31.0 Å². The maximum absolute atomic E-state index is 12.6. The molecule has 0 bridgehead atoms. The van der Waals surface area contributed by atoms with Crippen LogP contribution in [0.1, 0.15) is 23.1 Å². The lowest BCUT2D eigenvalue weighted by molar-refractivity contribution is 0.678. The topological polar surface area (TPSA) is 95.9 Å². The van der Waals surface area contributed by atoms with Crippen molar-refractivity contribution in [3.05, 3.63) is 79.5 Å². The summed E-state index contributed by atoms with van der Waals surface area (Å²) in [6.07, 6.45) is 2.79. The van der Waals surface area contributed by atoms with Crippen molar-refractivity contribution in [2.24, 2.45) is 7.05 Å². The largest absolute Gasteiger partial charge is 0.344 e. The van der Waals surface area contributed by atoms with E-state index in [1.54, 1.807) is 31.6 Å². The van der Waals surface area contributed by atoms with Gasteiger partial charge in [0.1, 0.15) is 23.4 Å². The fraction of sp³-hybridized carbons (Fsp3) is 0.222. The summed E-state index contributed by atoms with van der Waals surface area (Å²) in [5, 5.41) is 3.90. The number of aromatic nitrogens is 4. The third-order valence-electron chi connectivity index (χ3n) is 4.62. The molecular weight excluding hydrogens is 368 g/mol. The normalized spacial score (nSPS) is 15.5. The fourth-order valence-corrected chi connectivity index (χ4v) is 3.36. The summed E-state index contributed by atoms with van der Waals surface area (Å²) in [5.74, 6) is 0.452. The Bertz CT molecular complexity index is 1120. The number of H-pyrrole nitrogens is 1. The molecule has 1 unspecified atom stereocenters. The highest BCUT2D eigenvalue weighted by atomic mass is 35.5. The number of nitrogens with one attached hydrogen (secondary N) is 2. The third kappa shape index (κ3) is 2.97. The van der Waals surface area contributed by atoms with E-state index < -0.39 is 17.4 Å². The standard InChI is InChI=1S/C18H17ClN6O2/c1-10-13(21-8-7-20-10)15-22-16-14(17(26)23-18(27)24(16)2)25(15)9-11-3-5-12(19)6-4-11/h3-8,15,22H,9H2,1-2H3,(H,23,26,27). The molecule has 0 amide bonds. The molecule has 9 heteroatoms. The molecule has 8 nitrogen and oxygen atoms in total. The SMILES string of the molecule is Cc1nccnc1C1Nc2c(c(=O)[nH]c(=O)n2C)N1Cc1ccc(Cl)cc1. The minimum Gasteiger partial charge on any atom is -0.344 e. The summed E-state index contributed by atoms with van der Waals surface area (Å²) in [6.45, 7) is 2.29. The molecule has 3 aromatic rings. The molecule has 0 spiro atoms. The molecule has 0 aliphatic carbocycles. The molecule has 2 N–H and O–H groups in total. The lowest BCUT2D eigenvalue weighted by Gasteiger charge is -2.26. The molecule has 27 heavy (non-hydrogen) atoms. The summed E-state index contributed by atoms with van der Waals surface area (Å²) in [4.78, 5) is 37.6.